The van der Waals surface area contributed by atoms with Gasteiger partial charge < -0.3 is 19.9 Å². The van der Waals surface area contributed by atoms with Crippen LogP contribution in [0.15, 0.2) is 18.2 Å². The number of rotatable bonds is 3. The van der Waals surface area contributed by atoms with Crippen LogP contribution in [0.25, 0.3) is 0 Å². The van der Waals surface area contributed by atoms with E-state index in [1.807, 2.05) is 6.07 Å². The Bertz CT molecular complexity index is 778. The fourth-order valence-corrected chi connectivity index (χ4v) is 4.28. The van der Waals surface area contributed by atoms with E-state index in [-0.39, 0.29) is 24.5 Å². The van der Waals surface area contributed by atoms with E-state index in [4.69, 9.17) is 4.74 Å². The average molecular weight is 371 g/mol. The predicted molar refractivity (Wildman–Crippen MR) is 101 cm³/mol. The van der Waals surface area contributed by atoms with Gasteiger partial charge in [0.05, 0.1) is 16.9 Å². The maximum Gasteiger partial charge on any atom is 0.338 e. The van der Waals surface area contributed by atoms with Gasteiger partial charge in [0.15, 0.2) is 6.61 Å². The molecule has 4 rings (SSSR count). The highest BCUT2D eigenvalue weighted by molar-refractivity contribution is 6.05. The lowest BCUT2D eigenvalue weighted by Gasteiger charge is -2.33. The van der Waals surface area contributed by atoms with Crippen LogP contribution in [-0.4, -0.2) is 55.0 Å². The smallest absolute Gasteiger partial charge is 0.338 e. The Kier molecular flexibility index (Phi) is 4.76. The molecule has 2 saturated heterocycles. The van der Waals surface area contributed by atoms with Gasteiger partial charge >= 0.3 is 5.97 Å². The molecule has 1 aromatic rings. The molecule has 0 spiro atoms. The van der Waals surface area contributed by atoms with Crippen LogP contribution in [0.2, 0.25) is 0 Å². The molecule has 3 aliphatic heterocycles. The first-order valence-electron chi connectivity index (χ1n) is 9.69. The molecule has 0 radical (unpaired) electrons. The van der Waals surface area contributed by atoms with Crippen molar-refractivity contribution in [1.82, 2.24) is 4.90 Å². The molecule has 7 nitrogen and oxygen atoms in total. The molecule has 0 aromatic heterocycles. The first-order chi connectivity index (χ1) is 13.0. The topological polar surface area (TPSA) is 79.0 Å². The van der Waals surface area contributed by atoms with E-state index >= 15 is 0 Å². The normalized spacial score (nSPS) is 24.1. The third-order valence-corrected chi connectivity index (χ3v) is 5.69. The van der Waals surface area contributed by atoms with Gasteiger partial charge in [-0.1, -0.05) is 6.92 Å². The summed E-state index contributed by atoms with van der Waals surface area (Å²) >= 11 is 0. The lowest BCUT2D eigenvalue weighted by molar-refractivity contribution is -0.136. The lowest BCUT2D eigenvalue weighted by atomic mass is 10.0. The minimum Gasteiger partial charge on any atom is -0.452 e. The van der Waals surface area contributed by atoms with E-state index in [0.717, 1.165) is 51.0 Å². The Hall–Kier alpha value is -2.57. The number of nitrogens with one attached hydrogen (secondary N) is 1. The van der Waals surface area contributed by atoms with E-state index in [2.05, 4.69) is 17.1 Å². The molecule has 2 atom stereocenters. The first kappa shape index (κ1) is 17.8. The molecule has 0 aliphatic carbocycles. The highest BCUT2D eigenvalue weighted by Crippen LogP contribution is 2.37. The summed E-state index contributed by atoms with van der Waals surface area (Å²) in [6.45, 7) is 4.17. The van der Waals surface area contributed by atoms with Gasteiger partial charge in [-0.15, -0.1) is 0 Å². The number of benzene rings is 1. The van der Waals surface area contributed by atoms with Crippen molar-refractivity contribution in [3.05, 3.63) is 23.8 Å². The summed E-state index contributed by atoms with van der Waals surface area (Å²) in [5.41, 5.74) is 1.90. The van der Waals surface area contributed by atoms with Gasteiger partial charge in [-0.2, -0.15) is 0 Å². The lowest BCUT2D eigenvalue weighted by Crippen LogP contribution is -2.44. The number of carbonyl (C=O) groups is 3. The Morgan fingerprint density at radius 3 is 2.85 bits per heavy atom. The van der Waals surface area contributed by atoms with E-state index in [1.165, 1.54) is 0 Å². The van der Waals surface area contributed by atoms with Crippen LogP contribution in [0.3, 0.4) is 0 Å². The van der Waals surface area contributed by atoms with Crippen LogP contribution in [-0.2, 0) is 14.3 Å². The Balaban J connectivity index is 1.40. The van der Waals surface area contributed by atoms with Crippen LogP contribution >= 0.6 is 0 Å². The first-order valence-corrected chi connectivity index (χ1v) is 9.69. The third kappa shape index (κ3) is 3.50. The molecule has 1 N–H and O–H groups in total. The molecule has 2 fully saturated rings. The molecule has 1 aromatic carbocycles. The van der Waals surface area contributed by atoms with Crippen LogP contribution in [0.1, 0.15) is 43.0 Å². The van der Waals surface area contributed by atoms with Gasteiger partial charge in [-0.25, -0.2) is 4.79 Å². The van der Waals surface area contributed by atoms with E-state index < -0.39 is 5.97 Å². The summed E-state index contributed by atoms with van der Waals surface area (Å²) in [4.78, 5) is 40.7. The SMILES string of the molecule is C[C@@H]1CCCN(C(=O)COC(=O)c2ccc3c(c2)NC(=O)[C@@H]2CCCN32)C1. The van der Waals surface area contributed by atoms with Crippen LogP contribution in [0.4, 0.5) is 11.4 Å². The highest BCUT2D eigenvalue weighted by atomic mass is 16.5. The molecule has 0 saturated carbocycles. The summed E-state index contributed by atoms with van der Waals surface area (Å²) in [5.74, 6) is -0.243. The summed E-state index contributed by atoms with van der Waals surface area (Å²) in [6.07, 6.45) is 3.95. The zero-order valence-electron chi connectivity index (χ0n) is 15.6. The fraction of sp³-hybridized carbons (Fsp3) is 0.550. The number of piperidine rings is 1. The molecule has 27 heavy (non-hydrogen) atoms. The molecule has 0 unspecified atom stereocenters. The largest absolute Gasteiger partial charge is 0.452 e. The van der Waals surface area contributed by atoms with E-state index in [1.54, 1.807) is 17.0 Å². The van der Waals surface area contributed by atoms with Crippen LogP contribution < -0.4 is 10.2 Å². The number of anilines is 2. The molecular formula is C20H25N3O4. The third-order valence-electron chi connectivity index (χ3n) is 5.69. The van der Waals surface area contributed by atoms with Crippen LogP contribution in [0.5, 0.6) is 0 Å². The number of ether oxygens (including phenoxy) is 1. The number of esters is 1. The van der Waals surface area contributed by atoms with Crippen LogP contribution in [0, 0.1) is 5.92 Å². The van der Waals surface area contributed by atoms with Gasteiger partial charge in [0.2, 0.25) is 5.91 Å². The van der Waals surface area contributed by atoms with Gasteiger partial charge in [0, 0.05) is 19.6 Å². The number of hydrogen-bond acceptors (Lipinski definition) is 5. The second-order valence-electron chi connectivity index (χ2n) is 7.74. The number of hydrogen-bond donors (Lipinski definition) is 1. The van der Waals surface area contributed by atoms with Crippen molar-refractivity contribution < 1.29 is 19.1 Å². The van der Waals surface area contributed by atoms with Crippen molar-refractivity contribution in [2.75, 3.05) is 36.5 Å². The zero-order chi connectivity index (χ0) is 19.0. The highest BCUT2D eigenvalue weighted by Gasteiger charge is 2.36. The summed E-state index contributed by atoms with van der Waals surface area (Å²) in [7, 11) is 0. The quantitative estimate of drug-likeness (QED) is 0.823. The van der Waals surface area contributed by atoms with Gasteiger partial charge in [-0.05, 0) is 49.8 Å². The van der Waals surface area contributed by atoms with Crippen molar-refractivity contribution in [2.24, 2.45) is 5.92 Å². The Morgan fingerprint density at radius 2 is 2.04 bits per heavy atom. The molecule has 3 heterocycles. The second-order valence-corrected chi connectivity index (χ2v) is 7.74. The molecule has 144 valence electrons. The fourth-order valence-electron chi connectivity index (χ4n) is 4.28. The molecule has 3 aliphatic rings. The molecule has 7 heteroatoms. The Morgan fingerprint density at radius 1 is 1.22 bits per heavy atom. The summed E-state index contributed by atoms with van der Waals surface area (Å²) in [6, 6.07) is 5.07. The molecule has 2 amide bonds. The van der Waals surface area contributed by atoms with E-state index in [0.29, 0.717) is 17.2 Å². The van der Waals surface area contributed by atoms with Crippen molar-refractivity contribution in [3.63, 3.8) is 0 Å². The van der Waals surface area contributed by atoms with Crippen molar-refractivity contribution in [3.8, 4) is 0 Å². The molecular weight excluding hydrogens is 346 g/mol. The Labute approximate surface area is 158 Å². The maximum absolute atomic E-state index is 12.4. The van der Waals surface area contributed by atoms with Gasteiger partial charge in [0.1, 0.15) is 6.04 Å². The zero-order valence-corrected chi connectivity index (χ0v) is 15.6. The summed E-state index contributed by atoms with van der Waals surface area (Å²) < 4.78 is 5.23. The minimum absolute atomic E-state index is 0.0279. The monoisotopic (exact) mass is 371 g/mol. The number of amides is 2. The number of likely N-dealkylation sites (tertiary alicyclic amines) is 1. The predicted octanol–water partition coefficient (Wildman–Crippen LogP) is 2.02. The van der Waals surface area contributed by atoms with Gasteiger partial charge in [-0.3, -0.25) is 9.59 Å². The second kappa shape index (κ2) is 7.21. The van der Waals surface area contributed by atoms with Crippen molar-refractivity contribution in [2.45, 2.75) is 38.6 Å². The number of fused-ring (bicyclic) bond motifs is 3. The number of nitrogens with zero attached hydrogens (tertiary/aromatic N) is 2. The maximum atomic E-state index is 12.4. The molecule has 0 bridgehead atoms. The average Bonchev–Trinajstić information content (AvgIpc) is 3.16. The minimum atomic E-state index is -0.547. The standard InChI is InChI=1S/C20H25N3O4/c1-13-4-2-8-22(11-13)18(24)12-27-20(26)14-6-7-16-15(10-14)21-19(25)17-5-3-9-23(16)17/h6-7,10,13,17H,2-5,8-9,11-12H2,1H3,(H,21,25)/t13-,17+/m1/s1. The van der Waals surface area contributed by atoms with Gasteiger partial charge in [0.25, 0.3) is 5.91 Å². The van der Waals surface area contributed by atoms with Crippen molar-refractivity contribution in [1.29, 1.82) is 0 Å². The number of carbonyl (C=O) groups excluding carboxylic acids is 3. The van der Waals surface area contributed by atoms with E-state index in [9.17, 15) is 14.4 Å². The summed E-state index contributed by atoms with van der Waals surface area (Å²) in [5, 5.41) is 2.88. The van der Waals surface area contributed by atoms with Crippen molar-refractivity contribution >= 4 is 29.2 Å².